The Kier molecular flexibility index (Phi) is 20.2. The first kappa shape index (κ1) is 78.5. The molecule has 0 aliphatic heterocycles. The summed E-state index contributed by atoms with van der Waals surface area (Å²) in [6.07, 6.45) is 0. The molecule has 15 heteroatoms. The average molecular weight is 1750 g/mol. The van der Waals surface area contributed by atoms with Gasteiger partial charge >= 0.3 is 0 Å². The van der Waals surface area contributed by atoms with Crippen LogP contribution in [0.3, 0.4) is 0 Å². The van der Waals surface area contributed by atoms with E-state index in [-0.39, 0.29) is 0 Å². The highest BCUT2D eigenvalue weighted by Gasteiger charge is 2.24. The summed E-state index contributed by atoms with van der Waals surface area (Å²) >= 11 is 5.32. The maximum absolute atomic E-state index is 6.15. The van der Waals surface area contributed by atoms with Gasteiger partial charge in [0.2, 0.25) is 17.7 Å². The van der Waals surface area contributed by atoms with E-state index < -0.39 is 0 Å². The molecular formula is C117H71N9O3S3. The van der Waals surface area contributed by atoms with Crippen LogP contribution in [0.25, 0.3) is 252 Å². The average Bonchev–Trinajstić information content (AvgIpc) is 1.59. The zero-order valence-electron chi connectivity index (χ0n) is 70.5. The van der Waals surface area contributed by atoms with Crippen LogP contribution in [0.5, 0.6) is 0 Å². The van der Waals surface area contributed by atoms with Gasteiger partial charge in [-0.1, -0.05) is 297 Å². The topological polar surface area (TPSA) is 155 Å². The normalized spacial score (nSPS) is 11.5. The molecule has 0 amide bonds. The van der Waals surface area contributed by atoms with E-state index in [1.165, 1.54) is 44.9 Å². The number of para-hydroxylation sites is 6. The van der Waals surface area contributed by atoms with Gasteiger partial charge in [0.25, 0.3) is 0 Å². The molecule has 26 rings (SSSR count). The molecule has 0 unspecified atom stereocenters. The Balaban J connectivity index is 0.000000110. The number of nitrogens with zero attached hydrogens (tertiary/aromatic N) is 9. The highest BCUT2D eigenvalue weighted by molar-refractivity contribution is 7.26. The van der Waals surface area contributed by atoms with Crippen molar-refractivity contribution in [3.05, 3.63) is 431 Å². The summed E-state index contributed by atoms with van der Waals surface area (Å²) in [6.45, 7) is 0. The first-order chi connectivity index (χ1) is 65.3. The van der Waals surface area contributed by atoms with Crippen molar-refractivity contribution in [3.63, 3.8) is 0 Å². The Labute approximate surface area is 769 Å². The SMILES string of the molecule is c1ccc(-c2cc(-c3ccccc3)nc(-c3cccc4sc5ccc(-c6nc7ccccc7o6)cc5c34)n2)cc1.c1ccc(-c2ccc(-c3cc(-c4ccccc4)nc(-c4cccc5sc6ccc(-c7nc8ccccc8o7)cc6c45)n3)cc2)cc1.c1ccc(-c2cccc(-c3cc(-c4ccccc4)nc(-c4cccc5sc6ccc(-c7nc8ccccc8o7)cc6c45)n3)c2)cc1. The molecule has 0 radical (unpaired) electrons. The summed E-state index contributed by atoms with van der Waals surface area (Å²) in [5.41, 5.74) is 27.0. The van der Waals surface area contributed by atoms with Crippen molar-refractivity contribution in [3.8, 4) is 158 Å². The summed E-state index contributed by atoms with van der Waals surface area (Å²) in [6, 6.07) is 148. The van der Waals surface area contributed by atoms with Gasteiger partial charge in [0.05, 0.1) is 34.2 Å². The lowest BCUT2D eigenvalue weighted by Crippen LogP contribution is -1.96. The number of thiophene rings is 3. The Hall–Kier alpha value is -17.0. The summed E-state index contributed by atoms with van der Waals surface area (Å²) < 4.78 is 25.5. The Morgan fingerprint density at radius 3 is 0.727 bits per heavy atom. The second-order valence-corrected chi connectivity index (χ2v) is 35.4. The van der Waals surface area contributed by atoms with Crippen LogP contribution >= 0.6 is 34.0 Å². The lowest BCUT2D eigenvalue weighted by Gasteiger charge is -2.11. The molecule has 0 saturated heterocycles. The molecule has 9 heterocycles. The van der Waals surface area contributed by atoms with E-state index in [1.54, 1.807) is 34.0 Å². The van der Waals surface area contributed by atoms with Crippen LogP contribution in [0.1, 0.15) is 0 Å². The minimum Gasteiger partial charge on any atom is -0.436 e. The molecule has 132 heavy (non-hydrogen) atoms. The molecule has 0 N–H and O–H groups in total. The Bertz CT molecular complexity index is 8690. The summed E-state index contributed by atoms with van der Waals surface area (Å²) in [5, 5.41) is 6.83. The maximum Gasteiger partial charge on any atom is 0.227 e. The van der Waals surface area contributed by atoms with Crippen LogP contribution in [-0.2, 0) is 0 Å². The highest BCUT2D eigenvalue weighted by atomic mass is 32.1. The molecule has 620 valence electrons. The predicted molar refractivity (Wildman–Crippen MR) is 544 cm³/mol. The zero-order chi connectivity index (χ0) is 87.4. The quantitative estimate of drug-likeness (QED) is 0.102. The van der Waals surface area contributed by atoms with Gasteiger partial charge in [-0.3, -0.25) is 0 Å². The fourth-order valence-electron chi connectivity index (χ4n) is 17.4. The van der Waals surface area contributed by atoms with Crippen molar-refractivity contribution in [2.75, 3.05) is 0 Å². The molecule has 0 aliphatic carbocycles. The summed E-state index contributed by atoms with van der Waals surface area (Å²) in [7, 11) is 0. The van der Waals surface area contributed by atoms with Gasteiger partial charge in [0, 0.05) is 127 Å². The van der Waals surface area contributed by atoms with Gasteiger partial charge < -0.3 is 13.3 Å². The number of benzene rings is 17. The number of hydrogen-bond donors (Lipinski definition) is 0. The van der Waals surface area contributed by atoms with Gasteiger partial charge in [0.15, 0.2) is 34.2 Å². The van der Waals surface area contributed by atoms with E-state index in [0.29, 0.717) is 35.1 Å². The Morgan fingerprint density at radius 1 is 0.159 bits per heavy atom. The molecule has 17 aromatic carbocycles. The van der Waals surface area contributed by atoms with Crippen molar-refractivity contribution in [1.29, 1.82) is 0 Å². The minimum atomic E-state index is 0.614. The number of rotatable bonds is 14. The van der Waals surface area contributed by atoms with Crippen LogP contribution < -0.4 is 0 Å². The molecular weight excluding hydrogens is 1680 g/mol. The van der Waals surface area contributed by atoms with Gasteiger partial charge in [-0.15, -0.1) is 34.0 Å². The van der Waals surface area contributed by atoms with Crippen LogP contribution in [0.4, 0.5) is 0 Å². The van der Waals surface area contributed by atoms with E-state index in [9.17, 15) is 0 Å². The van der Waals surface area contributed by atoms with Crippen LogP contribution in [0.15, 0.2) is 444 Å². The third-order valence-electron chi connectivity index (χ3n) is 23.8. The summed E-state index contributed by atoms with van der Waals surface area (Å²) in [4.78, 5) is 45.3. The molecule has 0 atom stereocenters. The van der Waals surface area contributed by atoms with E-state index in [0.717, 1.165) is 172 Å². The molecule has 26 aromatic rings. The molecule has 0 spiro atoms. The standard InChI is InChI=1S/2C41H25N3OS.C35H21N3OS/c1-3-11-26(12-4-1)28-15-9-16-29(23-28)35-25-34(27-13-5-2-6-14-27)42-40(43-35)31-17-10-20-38-39(31)32-24-30(21-22-37(32)46-38)41-44-33-18-7-8-19-36(33)45-41;1-3-10-26(11-4-1)27-18-20-29(21-19-27)35-25-34(28-12-5-2-6-13-28)42-40(43-35)31-14-9-17-38-39(31)32-24-30(22-23-37(32)46-38)41-44-33-15-7-8-16-36(33)45-41;1-3-10-22(11-4-1)28-21-29(23-12-5-2-6-13-23)37-34(36-28)25-14-9-17-32-33(25)26-20-24(18-19-31(26)40-32)35-38-27-15-7-8-16-30(27)39-35/h2*1-25H;1-21H. The van der Waals surface area contributed by atoms with Crippen LogP contribution in [0, 0.1) is 0 Å². The third-order valence-corrected chi connectivity index (χ3v) is 27.2. The largest absolute Gasteiger partial charge is 0.436 e. The second-order valence-electron chi connectivity index (χ2n) is 32.2. The molecule has 0 fully saturated rings. The molecule has 0 bridgehead atoms. The van der Waals surface area contributed by atoms with E-state index in [2.05, 4.69) is 273 Å². The first-order valence-corrected chi connectivity index (χ1v) is 45.9. The Morgan fingerprint density at radius 2 is 0.402 bits per heavy atom. The van der Waals surface area contributed by atoms with E-state index in [4.69, 9.17) is 58.1 Å². The number of aromatic nitrogens is 9. The van der Waals surface area contributed by atoms with Crippen molar-refractivity contribution < 1.29 is 13.3 Å². The number of oxazole rings is 3. The lowest BCUT2D eigenvalue weighted by atomic mass is 10.00. The van der Waals surface area contributed by atoms with E-state index >= 15 is 0 Å². The van der Waals surface area contributed by atoms with Crippen molar-refractivity contribution in [2.24, 2.45) is 0 Å². The smallest absolute Gasteiger partial charge is 0.227 e. The zero-order valence-corrected chi connectivity index (χ0v) is 72.9. The minimum absolute atomic E-state index is 0.614. The van der Waals surface area contributed by atoms with E-state index in [1.807, 2.05) is 158 Å². The third kappa shape index (κ3) is 15.3. The van der Waals surface area contributed by atoms with Gasteiger partial charge in [-0.2, -0.15) is 0 Å². The molecule has 0 saturated carbocycles. The fourth-order valence-corrected chi connectivity index (χ4v) is 20.7. The summed E-state index contributed by atoms with van der Waals surface area (Å²) in [5.74, 6) is 3.94. The molecule has 12 nitrogen and oxygen atoms in total. The number of hydrogen-bond acceptors (Lipinski definition) is 15. The highest BCUT2D eigenvalue weighted by Crippen LogP contribution is 2.47. The van der Waals surface area contributed by atoms with Crippen LogP contribution in [0.2, 0.25) is 0 Å². The molecule has 9 aromatic heterocycles. The predicted octanol–water partition coefficient (Wildman–Crippen LogP) is 32.3. The first-order valence-electron chi connectivity index (χ1n) is 43.5. The maximum atomic E-state index is 6.15. The van der Waals surface area contributed by atoms with Gasteiger partial charge in [-0.25, -0.2) is 44.9 Å². The van der Waals surface area contributed by atoms with Gasteiger partial charge in [0.1, 0.15) is 16.6 Å². The van der Waals surface area contributed by atoms with Crippen molar-refractivity contribution in [1.82, 2.24) is 44.9 Å². The molecule has 0 aliphatic rings. The van der Waals surface area contributed by atoms with Gasteiger partial charge in [-0.05, 0) is 156 Å². The van der Waals surface area contributed by atoms with Crippen molar-refractivity contribution in [2.45, 2.75) is 0 Å². The van der Waals surface area contributed by atoms with Crippen LogP contribution in [-0.4, -0.2) is 44.9 Å². The lowest BCUT2D eigenvalue weighted by molar-refractivity contribution is 0.619. The monoisotopic (exact) mass is 1750 g/mol. The fraction of sp³-hybridized carbons (Fsp3) is 0. The van der Waals surface area contributed by atoms with Crippen molar-refractivity contribution >= 4 is 128 Å². The number of fused-ring (bicyclic) bond motifs is 12. The second kappa shape index (κ2) is 34.0.